The van der Waals surface area contributed by atoms with Crippen molar-refractivity contribution in [2.24, 2.45) is 0 Å². The molecular weight excluding hydrogens is 342 g/mol. The summed E-state index contributed by atoms with van der Waals surface area (Å²) in [5.41, 5.74) is 2.32. The van der Waals surface area contributed by atoms with Crippen LogP contribution in [-0.2, 0) is 0 Å². The number of methoxy groups -OCH3 is 1. The van der Waals surface area contributed by atoms with Gasteiger partial charge < -0.3 is 10.1 Å². The van der Waals surface area contributed by atoms with Crippen LogP contribution in [-0.4, -0.2) is 34.6 Å². The zero-order valence-corrected chi connectivity index (χ0v) is 14.5. The molecule has 2 N–H and O–H groups in total. The fourth-order valence-corrected chi connectivity index (χ4v) is 2.47. The second-order valence-corrected chi connectivity index (χ2v) is 5.56. The predicted molar refractivity (Wildman–Crippen MR) is 97.0 cm³/mol. The number of carbonyl (C=O) groups is 1. The van der Waals surface area contributed by atoms with Crippen molar-refractivity contribution in [3.63, 3.8) is 0 Å². The number of amides is 2. The van der Waals surface area contributed by atoms with E-state index in [0.717, 1.165) is 0 Å². The number of hydrogen-bond acceptors (Lipinski definition) is 5. The lowest BCUT2D eigenvalue weighted by Crippen LogP contribution is -2.28. The van der Waals surface area contributed by atoms with Crippen LogP contribution in [0.4, 0.5) is 10.6 Å². The van der Waals surface area contributed by atoms with Gasteiger partial charge in [0.25, 0.3) is 0 Å². The van der Waals surface area contributed by atoms with Crippen LogP contribution in [0.5, 0.6) is 5.75 Å². The van der Waals surface area contributed by atoms with E-state index in [1.54, 1.807) is 43.6 Å². The van der Waals surface area contributed by atoms with Crippen LogP contribution in [0.25, 0.3) is 22.4 Å². The normalized spacial score (nSPS) is 10.5. The molecule has 1 aromatic carbocycles. The van der Waals surface area contributed by atoms with Crippen molar-refractivity contribution in [2.45, 2.75) is 6.92 Å². The molecule has 0 saturated carbocycles. The van der Waals surface area contributed by atoms with Crippen molar-refractivity contribution in [3.8, 4) is 17.0 Å². The van der Waals surface area contributed by atoms with Gasteiger partial charge in [0.2, 0.25) is 0 Å². The number of aromatic nitrogens is 3. The lowest BCUT2D eigenvalue weighted by atomic mass is 10.1. The van der Waals surface area contributed by atoms with E-state index < -0.39 is 0 Å². The van der Waals surface area contributed by atoms with Gasteiger partial charge in [-0.05, 0) is 37.3 Å². The number of hydrogen-bond donors (Lipinski definition) is 2. The molecule has 0 unspecified atom stereocenters. The van der Waals surface area contributed by atoms with Crippen LogP contribution < -0.4 is 15.4 Å². The average Bonchev–Trinajstić information content (AvgIpc) is 2.61. The predicted octanol–water partition coefficient (Wildman–Crippen LogP) is 3.50. The largest absolute Gasteiger partial charge is 0.496 e. The molecule has 128 valence electrons. The van der Waals surface area contributed by atoms with E-state index in [1.165, 1.54) is 0 Å². The number of benzene rings is 1. The third-order valence-corrected chi connectivity index (χ3v) is 3.66. The van der Waals surface area contributed by atoms with Gasteiger partial charge in [-0.15, -0.1) is 0 Å². The molecule has 0 fully saturated rings. The molecule has 0 aliphatic rings. The highest BCUT2D eigenvalue weighted by atomic mass is 35.5. The van der Waals surface area contributed by atoms with Gasteiger partial charge in [-0.1, -0.05) is 11.6 Å². The molecule has 2 aromatic heterocycles. The Labute approximate surface area is 149 Å². The van der Waals surface area contributed by atoms with E-state index in [4.69, 9.17) is 16.3 Å². The molecule has 0 spiro atoms. The van der Waals surface area contributed by atoms with Gasteiger partial charge in [0.15, 0.2) is 5.65 Å². The summed E-state index contributed by atoms with van der Waals surface area (Å²) in [4.78, 5) is 24.9. The lowest BCUT2D eigenvalue weighted by molar-refractivity contribution is 0.252. The quantitative estimate of drug-likeness (QED) is 0.746. The van der Waals surface area contributed by atoms with Gasteiger partial charge in [-0.2, -0.15) is 0 Å². The first kappa shape index (κ1) is 16.9. The van der Waals surface area contributed by atoms with E-state index in [1.807, 2.05) is 6.92 Å². The number of nitrogens with zero attached hydrogens (tertiary/aromatic N) is 3. The van der Waals surface area contributed by atoms with Crippen molar-refractivity contribution in [1.29, 1.82) is 0 Å². The summed E-state index contributed by atoms with van der Waals surface area (Å²) in [5.74, 6) is 1.03. The third kappa shape index (κ3) is 3.77. The maximum atomic E-state index is 11.6. The molecule has 0 radical (unpaired) electrons. The minimum absolute atomic E-state index is 0.324. The van der Waals surface area contributed by atoms with Gasteiger partial charge in [-0.25, -0.2) is 14.8 Å². The summed E-state index contributed by atoms with van der Waals surface area (Å²) < 4.78 is 5.36. The first-order valence-corrected chi connectivity index (χ1v) is 8.01. The minimum Gasteiger partial charge on any atom is -0.496 e. The monoisotopic (exact) mass is 357 g/mol. The second kappa shape index (κ2) is 7.31. The van der Waals surface area contributed by atoms with E-state index in [-0.39, 0.29) is 6.03 Å². The number of ether oxygens (including phenoxy) is 1. The van der Waals surface area contributed by atoms with Gasteiger partial charge >= 0.3 is 6.03 Å². The third-order valence-electron chi connectivity index (χ3n) is 3.42. The topological polar surface area (TPSA) is 89.0 Å². The van der Waals surface area contributed by atoms with Crippen molar-refractivity contribution >= 4 is 34.6 Å². The first-order valence-electron chi connectivity index (χ1n) is 7.63. The molecule has 0 atom stereocenters. The Hall–Kier alpha value is -2.93. The molecular formula is C17H16ClN5O2. The second-order valence-electron chi connectivity index (χ2n) is 5.12. The summed E-state index contributed by atoms with van der Waals surface area (Å²) in [5, 5.41) is 5.86. The van der Waals surface area contributed by atoms with Crippen LogP contribution in [0, 0.1) is 0 Å². The van der Waals surface area contributed by atoms with Crippen molar-refractivity contribution in [3.05, 3.63) is 41.6 Å². The minimum atomic E-state index is -0.324. The number of carbonyl (C=O) groups excluding carboxylic acids is 1. The van der Waals surface area contributed by atoms with Gasteiger partial charge in [0, 0.05) is 17.1 Å². The molecule has 2 amide bonds. The number of rotatable bonds is 4. The average molecular weight is 358 g/mol. The van der Waals surface area contributed by atoms with Gasteiger partial charge in [-0.3, -0.25) is 10.3 Å². The van der Waals surface area contributed by atoms with Crippen LogP contribution >= 0.6 is 11.6 Å². The number of fused-ring (bicyclic) bond motifs is 1. The number of urea groups is 1. The molecule has 8 heteroatoms. The van der Waals surface area contributed by atoms with Gasteiger partial charge in [0.05, 0.1) is 19.0 Å². The Bertz CT molecular complexity index is 932. The molecule has 3 rings (SSSR count). The zero-order chi connectivity index (χ0) is 17.8. The maximum Gasteiger partial charge on any atom is 0.320 e. The summed E-state index contributed by atoms with van der Waals surface area (Å²) in [6.45, 7) is 2.36. The molecule has 7 nitrogen and oxygen atoms in total. The first-order chi connectivity index (χ1) is 12.1. The summed E-state index contributed by atoms with van der Waals surface area (Å²) >= 11 is 6.08. The smallest absolute Gasteiger partial charge is 0.320 e. The molecule has 0 bridgehead atoms. The highest BCUT2D eigenvalue weighted by molar-refractivity contribution is 6.31. The number of nitrogens with one attached hydrogen (secondary N) is 2. The fourth-order valence-electron chi connectivity index (χ4n) is 2.30. The molecule has 0 aliphatic heterocycles. The van der Waals surface area contributed by atoms with Crippen LogP contribution in [0.15, 0.2) is 36.5 Å². The molecule has 0 saturated heterocycles. The number of halogens is 1. The molecule has 2 heterocycles. The zero-order valence-electron chi connectivity index (χ0n) is 13.7. The lowest BCUT2D eigenvalue weighted by Gasteiger charge is -2.09. The van der Waals surface area contributed by atoms with Crippen LogP contribution in [0.3, 0.4) is 0 Å². The Balaban J connectivity index is 2.01. The highest BCUT2D eigenvalue weighted by Crippen LogP contribution is 2.31. The van der Waals surface area contributed by atoms with Crippen LogP contribution in [0.2, 0.25) is 5.02 Å². The highest BCUT2D eigenvalue weighted by Gasteiger charge is 2.11. The summed E-state index contributed by atoms with van der Waals surface area (Å²) in [6, 6.07) is 8.36. The SMILES string of the molecule is CCNC(=O)Nc1ccc2ncc(-c3cc(Cl)ccc3OC)nc2n1. The van der Waals surface area contributed by atoms with E-state index in [0.29, 0.717) is 45.6 Å². The fraction of sp³-hybridized carbons (Fsp3) is 0.176. The van der Waals surface area contributed by atoms with E-state index >= 15 is 0 Å². The van der Waals surface area contributed by atoms with E-state index in [9.17, 15) is 4.79 Å². The Morgan fingerprint density at radius 3 is 2.84 bits per heavy atom. The maximum absolute atomic E-state index is 11.6. The summed E-state index contributed by atoms with van der Waals surface area (Å²) in [7, 11) is 1.58. The standard InChI is InChI=1S/C17H16ClN5O2/c1-3-19-17(24)23-15-7-5-12-16(22-15)21-13(9-20-12)11-8-10(18)4-6-14(11)25-2/h4-9H,3H2,1-2H3,(H2,19,21,22,23,24). The van der Waals surface area contributed by atoms with Crippen molar-refractivity contribution < 1.29 is 9.53 Å². The molecule has 0 aliphatic carbocycles. The Kier molecular flexibility index (Phi) is 4.95. The van der Waals surface area contributed by atoms with Crippen molar-refractivity contribution in [2.75, 3.05) is 19.0 Å². The molecule has 25 heavy (non-hydrogen) atoms. The van der Waals surface area contributed by atoms with E-state index in [2.05, 4.69) is 25.6 Å². The van der Waals surface area contributed by atoms with Crippen LogP contribution in [0.1, 0.15) is 6.92 Å². The van der Waals surface area contributed by atoms with Crippen molar-refractivity contribution in [1.82, 2.24) is 20.3 Å². The summed E-state index contributed by atoms with van der Waals surface area (Å²) in [6.07, 6.45) is 1.63. The molecule has 3 aromatic rings. The number of anilines is 1. The van der Waals surface area contributed by atoms with Gasteiger partial charge in [0.1, 0.15) is 17.1 Å². The number of pyridine rings is 1. The Morgan fingerprint density at radius 1 is 1.24 bits per heavy atom. The Morgan fingerprint density at radius 2 is 2.08 bits per heavy atom.